The van der Waals surface area contributed by atoms with Crippen molar-refractivity contribution in [2.75, 3.05) is 19.8 Å². The van der Waals surface area contributed by atoms with E-state index in [1.807, 2.05) is 13.2 Å². The number of fused-ring (bicyclic) bond motifs is 2. The molecule has 1 aliphatic rings. The Balaban J connectivity index is 0.00000210. The number of sulfone groups is 1. The maximum absolute atomic E-state index is 13.2. The number of hydrogen-bond acceptors (Lipinski definition) is 6. The van der Waals surface area contributed by atoms with E-state index in [9.17, 15) is 12.8 Å². The Morgan fingerprint density at radius 2 is 1.93 bits per heavy atom. The standard InChI is InChI=1S/C17H17FN4O2S2.ClH/c1-21-8-7-14-11(9-21)10-22-16(19-14)15(17(20-22)25-2)26(23,24)13-5-3-12(18)4-6-13;/h3-6,10H,7-9H2,1-2H3;1H. The first-order valence-electron chi connectivity index (χ1n) is 8.04. The molecular formula is C17H18ClFN4O2S2. The van der Waals surface area contributed by atoms with Gasteiger partial charge in [-0.15, -0.1) is 24.2 Å². The highest BCUT2D eigenvalue weighted by Gasteiger charge is 2.29. The van der Waals surface area contributed by atoms with Gasteiger partial charge >= 0.3 is 0 Å². The second-order valence-corrected chi connectivity index (χ2v) is 8.95. The van der Waals surface area contributed by atoms with E-state index in [2.05, 4.69) is 15.0 Å². The lowest BCUT2D eigenvalue weighted by Gasteiger charge is -2.23. The lowest BCUT2D eigenvalue weighted by molar-refractivity contribution is 0.309. The average Bonchev–Trinajstić information content (AvgIpc) is 2.98. The van der Waals surface area contributed by atoms with E-state index in [0.717, 1.165) is 42.9 Å². The zero-order chi connectivity index (χ0) is 18.5. The summed E-state index contributed by atoms with van der Waals surface area (Å²) < 4.78 is 41.1. The minimum Gasteiger partial charge on any atom is -0.302 e. The van der Waals surface area contributed by atoms with Crippen molar-refractivity contribution in [3.05, 3.63) is 47.5 Å². The third-order valence-corrected chi connectivity index (χ3v) is 7.07. The maximum atomic E-state index is 13.2. The molecule has 3 heterocycles. The zero-order valence-corrected chi connectivity index (χ0v) is 17.2. The van der Waals surface area contributed by atoms with Crippen molar-refractivity contribution in [1.29, 1.82) is 0 Å². The molecule has 0 saturated heterocycles. The smallest absolute Gasteiger partial charge is 0.213 e. The van der Waals surface area contributed by atoms with E-state index >= 15 is 0 Å². The highest BCUT2D eigenvalue weighted by molar-refractivity contribution is 7.99. The molecule has 144 valence electrons. The van der Waals surface area contributed by atoms with Gasteiger partial charge in [0.05, 0.1) is 10.6 Å². The van der Waals surface area contributed by atoms with Crippen molar-refractivity contribution in [1.82, 2.24) is 19.5 Å². The topological polar surface area (TPSA) is 67.6 Å². The number of nitrogens with zero attached hydrogens (tertiary/aromatic N) is 4. The van der Waals surface area contributed by atoms with Crippen LogP contribution in [0.5, 0.6) is 0 Å². The Morgan fingerprint density at radius 3 is 2.59 bits per heavy atom. The summed E-state index contributed by atoms with van der Waals surface area (Å²) in [5.41, 5.74) is 2.27. The third kappa shape index (κ3) is 3.44. The van der Waals surface area contributed by atoms with Crippen LogP contribution in [-0.4, -0.2) is 47.8 Å². The van der Waals surface area contributed by atoms with Crippen LogP contribution in [-0.2, 0) is 22.8 Å². The van der Waals surface area contributed by atoms with Crippen LogP contribution in [0.4, 0.5) is 4.39 Å². The Hall–Kier alpha value is -1.68. The molecule has 0 saturated carbocycles. The van der Waals surface area contributed by atoms with Crippen LogP contribution in [0.3, 0.4) is 0 Å². The molecule has 1 aromatic carbocycles. The van der Waals surface area contributed by atoms with Gasteiger partial charge < -0.3 is 4.90 Å². The van der Waals surface area contributed by atoms with Gasteiger partial charge in [0.2, 0.25) is 9.84 Å². The predicted octanol–water partition coefficient (Wildman–Crippen LogP) is 2.83. The van der Waals surface area contributed by atoms with Gasteiger partial charge in [0.15, 0.2) is 10.5 Å². The second-order valence-electron chi connectivity index (χ2n) is 6.26. The molecule has 0 fully saturated rings. The van der Waals surface area contributed by atoms with E-state index < -0.39 is 15.7 Å². The number of likely N-dealkylation sites (N-methyl/N-ethyl adjacent to an activating group) is 1. The van der Waals surface area contributed by atoms with E-state index in [-0.39, 0.29) is 22.2 Å². The minimum atomic E-state index is -3.86. The van der Waals surface area contributed by atoms with Crippen LogP contribution in [0.2, 0.25) is 0 Å². The molecule has 0 spiro atoms. The largest absolute Gasteiger partial charge is 0.302 e. The quantitative estimate of drug-likeness (QED) is 0.472. The first-order chi connectivity index (χ1) is 12.4. The van der Waals surface area contributed by atoms with Crippen LogP contribution in [0.1, 0.15) is 11.3 Å². The molecule has 4 rings (SSSR count). The number of halogens is 2. The second kappa shape index (κ2) is 7.38. The molecule has 0 aliphatic carbocycles. The predicted molar refractivity (Wildman–Crippen MR) is 104 cm³/mol. The molecule has 0 amide bonds. The van der Waals surface area contributed by atoms with Crippen LogP contribution in [0.15, 0.2) is 45.3 Å². The SMILES string of the molecule is CSc1nn2cc3c(nc2c1S(=O)(=O)c1ccc(F)cc1)CCN(C)C3.Cl. The normalized spacial score (nSPS) is 14.8. The summed E-state index contributed by atoms with van der Waals surface area (Å²) in [7, 11) is -1.83. The monoisotopic (exact) mass is 428 g/mol. The fourth-order valence-electron chi connectivity index (χ4n) is 3.12. The molecule has 0 unspecified atom stereocenters. The van der Waals surface area contributed by atoms with Crippen molar-refractivity contribution in [2.45, 2.75) is 27.8 Å². The van der Waals surface area contributed by atoms with Crippen molar-refractivity contribution < 1.29 is 12.8 Å². The zero-order valence-electron chi connectivity index (χ0n) is 14.7. The summed E-state index contributed by atoms with van der Waals surface area (Å²) in [6.07, 6.45) is 4.40. The summed E-state index contributed by atoms with van der Waals surface area (Å²) in [4.78, 5) is 6.93. The fourth-order valence-corrected chi connectivity index (χ4v) is 5.53. The van der Waals surface area contributed by atoms with E-state index in [1.54, 1.807) is 10.8 Å². The molecule has 1 aliphatic heterocycles. The summed E-state index contributed by atoms with van der Waals surface area (Å²) in [6, 6.07) is 4.82. The Kier molecular flexibility index (Phi) is 5.49. The molecular weight excluding hydrogens is 411 g/mol. The van der Waals surface area contributed by atoms with E-state index in [1.165, 1.54) is 23.9 Å². The number of benzene rings is 1. The Labute approximate surface area is 167 Å². The van der Waals surface area contributed by atoms with Crippen molar-refractivity contribution in [3.8, 4) is 0 Å². The van der Waals surface area contributed by atoms with Gasteiger partial charge in [0, 0.05) is 31.3 Å². The van der Waals surface area contributed by atoms with Crippen molar-refractivity contribution in [3.63, 3.8) is 0 Å². The molecule has 2 aromatic heterocycles. The molecule has 10 heteroatoms. The fraction of sp³-hybridized carbons (Fsp3) is 0.294. The summed E-state index contributed by atoms with van der Waals surface area (Å²) in [5, 5.41) is 4.81. The average molecular weight is 429 g/mol. The first-order valence-corrected chi connectivity index (χ1v) is 10.8. The molecule has 27 heavy (non-hydrogen) atoms. The molecule has 0 N–H and O–H groups in total. The molecule has 3 aromatic rings. The van der Waals surface area contributed by atoms with Gasteiger partial charge in [-0.2, -0.15) is 5.10 Å². The van der Waals surface area contributed by atoms with Crippen LogP contribution >= 0.6 is 24.2 Å². The summed E-state index contributed by atoms with van der Waals surface area (Å²) in [5.74, 6) is -0.481. The van der Waals surface area contributed by atoms with Gasteiger partial charge in [0.25, 0.3) is 0 Å². The lowest BCUT2D eigenvalue weighted by atomic mass is 10.1. The number of hydrogen-bond donors (Lipinski definition) is 0. The molecule has 0 atom stereocenters. The van der Waals surface area contributed by atoms with E-state index in [4.69, 9.17) is 0 Å². The number of aromatic nitrogens is 3. The van der Waals surface area contributed by atoms with Crippen LogP contribution in [0.25, 0.3) is 5.65 Å². The third-order valence-electron chi connectivity index (χ3n) is 4.46. The summed E-state index contributed by atoms with van der Waals surface area (Å²) >= 11 is 1.25. The van der Waals surface area contributed by atoms with Gasteiger partial charge in [-0.1, -0.05) is 0 Å². The first kappa shape index (κ1) is 20.1. The van der Waals surface area contributed by atoms with Gasteiger partial charge in [-0.3, -0.25) is 0 Å². The van der Waals surface area contributed by atoms with Crippen LogP contribution < -0.4 is 0 Å². The number of rotatable bonds is 3. The molecule has 0 radical (unpaired) electrons. The molecule has 0 bridgehead atoms. The van der Waals surface area contributed by atoms with Crippen molar-refractivity contribution in [2.24, 2.45) is 0 Å². The Bertz CT molecular complexity index is 1100. The van der Waals surface area contributed by atoms with Crippen LogP contribution in [0, 0.1) is 5.82 Å². The Morgan fingerprint density at radius 1 is 1.22 bits per heavy atom. The summed E-state index contributed by atoms with van der Waals surface area (Å²) in [6.45, 7) is 1.63. The number of thioether (sulfide) groups is 1. The van der Waals surface area contributed by atoms with Gasteiger partial charge in [0.1, 0.15) is 10.8 Å². The van der Waals surface area contributed by atoms with Crippen molar-refractivity contribution >= 4 is 39.7 Å². The van der Waals surface area contributed by atoms with Gasteiger partial charge in [-0.25, -0.2) is 22.3 Å². The minimum absolute atomic E-state index is 0. The maximum Gasteiger partial charge on any atom is 0.213 e. The lowest BCUT2D eigenvalue weighted by Crippen LogP contribution is -2.27. The highest BCUT2D eigenvalue weighted by atomic mass is 35.5. The highest BCUT2D eigenvalue weighted by Crippen LogP contribution is 2.33. The van der Waals surface area contributed by atoms with Gasteiger partial charge in [-0.05, 0) is 37.6 Å². The molecule has 6 nitrogen and oxygen atoms in total. The van der Waals surface area contributed by atoms with E-state index in [0.29, 0.717) is 10.7 Å².